The van der Waals surface area contributed by atoms with Gasteiger partial charge in [-0.2, -0.15) is 5.10 Å². The predicted octanol–water partition coefficient (Wildman–Crippen LogP) is 1.59. The Morgan fingerprint density at radius 3 is 2.68 bits per heavy atom. The monoisotopic (exact) mass is 265 g/mol. The number of aromatic amines is 1. The van der Waals surface area contributed by atoms with Gasteiger partial charge in [-0.15, -0.1) is 0 Å². The van der Waals surface area contributed by atoms with Crippen LogP contribution in [0.5, 0.6) is 5.75 Å². The fourth-order valence-corrected chi connectivity index (χ4v) is 1.74. The number of hydrogen-bond acceptors (Lipinski definition) is 5. The van der Waals surface area contributed by atoms with Gasteiger partial charge in [0.2, 0.25) is 0 Å². The third kappa shape index (κ3) is 2.22. The van der Waals surface area contributed by atoms with Gasteiger partial charge in [0, 0.05) is 5.56 Å². The number of anilines is 1. The maximum atomic E-state index is 13.9. The first-order valence-electron chi connectivity index (χ1n) is 5.33. The molecule has 0 atom stereocenters. The summed E-state index contributed by atoms with van der Waals surface area (Å²) < 4.78 is 23.4. The second-order valence-electron chi connectivity index (χ2n) is 3.73. The molecule has 3 N–H and O–H groups in total. The van der Waals surface area contributed by atoms with Crippen molar-refractivity contribution in [2.24, 2.45) is 0 Å². The molecule has 1 heterocycles. The zero-order valence-corrected chi connectivity index (χ0v) is 10.4. The number of nitrogens with one attached hydrogen (secondary N) is 1. The molecule has 6 nitrogen and oxygen atoms in total. The number of aromatic nitrogens is 2. The Balaban J connectivity index is 2.63. The maximum Gasteiger partial charge on any atom is 0.341 e. The molecule has 1 aromatic carbocycles. The molecule has 1 aromatic heterocycles. The van der Waals surface area contributed by atoms with Crippen LogP contribution in [0, 0.1) is 5.82 Å². The van der Waals surface area contributed by atoms with Gasteiger partial charge in [0.05, 0.1) is 20.4 Å². The number of ether oxygens (including phenoxy) is 2. The van der Waals surface area contributed by atoms with E-state index >= 15 is 0 Å². The molecule has 2 aromatic rings. The molecule has 7 heteroatoms. The van der Waals surface area contributed by atoms with Gasteiger partial charge in [-0.3, -0.25) is 5.10 Å². The van der Waals surface area contributed by atoms with Gasteiger partial charge in [0.15, 0.2) is 11.6 Å². The van der Waals surface area contributed by atoms with E-state index in [9.17, 15) is 9.18 Å². The van der Waals surface area contributed by atoms with Crippen molar-refractivity contribution in [3.63, 3.8) is 0 Å². The van der Waals surface area contributed by atoms with Crippen LogP contribution in [0.4, 0.5) is 10.2 Å². The Bertz CT molecular complexity index is 625. The summed E-state index contributed by atoms with van der Waals surface area (Å²) >= 11 is 0. The van der Waals surface area contributed by atoms with E-state index in [0.29, 0.717) is 11.1 Å². The van der Waals surface area contributed by atoms with Crippen LogP contribution >= 0.6 is 0 Å². The molecule has 0 fully saturated rings. The zero-order chi connectivity index (χ0) is 14.0. The summed E-state index contributed by atoms with van der Waals surface area (Å²) in [5, 5.41) is 6.28. The summed E-state index contributed by atoms with van der Waals surface area (Å²) in [4.78, 5) is 11.6. The number of benzene rings is 1. The lowest BCUT2D eigenvalue weighted by atomic mass is 10.0. The lowest BCUT2D eigenvalue weighted by Gasteiger charge is -2.10. The molecule has 0 bridgehead atoms. The van der Waals surface area contributed by atoms with Crippen molar-refractivity contribution in [2.75, 3.05) is 20.0 Å². The summed E-state index contributed by atoms with van der Waals surface area (Å²) in [5.41, 5.74) is 6.55. The Hall–Kier alpha value is -2.57. The van der Waals surface area contributed by atoms with Gasteiger partial charge >= 0.3 is 5.97 Å². The van der Waals surface area contributed by atoms with Crippen LogP contribution in [0.3, 0.4) is 0 Å². The number of nitrogen functional groups attached to an aromatic ring is 1. The van der Waals surface area contributed by atoms with Crippen molar-refractivity contribution in [3.05, 3.63) is 29.7 Å². The van der Waals surface area contributed by atoms with Crippen LogP contribution in [0.15, 0.2) is 18.3 Å². The molecule has 0 aliphatic heterocycles. The minimum atomic E-state index is -0.695. The number of hydrogen-bond donors (Lipinski definition) is 2. The summed E-state index contributed by atoms with van der Waals surface area (Å²) in [5.74, 6) is -1.27. The number of methoxy groups -OCH3 is 2. The van der Waals surface area contributed by atoms with Crippen LogP contribution in [-0.2, 0) is 4.74 Å². The fourth-order valence-electron chi connectivity index (χ4n) is 1.74. The normalized spacial score (nSPS) is 10.3. The highest BCUT2D eigenvalue weighted by molar-refractivity contribution is 5.94. The van der Waals surface area contributed by atoms with Crippen molar-refractivity contribution in [1.82, 2.24) is 10.2 Å². The molecule has 0 aliphatic carbocycles. The average Bonchev–Trinajstić information content (AvgIpc) is 2.83. The Labute approximate surface area is 108 Å². The molecule has 2 rings (SSSR count). The van der Waals surface area contributed by atoms with Crippen molar-refractivity contribution < 1.29 is 18.7 Å². The third-order valence-corrected chi connectivity index (χ3v) is 2.63. The number of esters is 1. The second kappa shape index (κ2) is 4.97. The van der Waals surface area contributed by atoms with Gasteiger partial charge in [-0.25, -0.2) is 9.18 Å². The standard InChI is InChI=1S/C12H12FN3O3/c1-18-10-7(12(17)19-2)3-6(4-9(10)13)8-5-15-16-11(8)14/h3-5H,1-2H3,(H3,14,15,16). The molecular formula is C12H12FN3O3. The van der Waals surface area contributed by atoms with E-state index < -0.39 is 11.8 Å². The first kappa shape index (κ1) is 12.9. The Morgan fingerprint density at radius 2 is 2.16 bits per heavy atom. The number of carbonyl (C=O) groups excluding carboxylic acids is 1. The molecule has 0 spiro atoms. The van der Waals surface area contributed by atoms with Crippen molar-refractivity contribution in [2.45, 2.75) is 0 Å². The van der Waals surface area contributed by atoms with Crippen molar-refractivity contribution >= 4 is 11.8 Å². The zero-order valence-electron chi connectivity index (χ0n) is 10.4. The minimum Gasteiger partial charge on any atom is -0.493 e. The van der Waals surface area contributed by atoms with E-state index in [1.54, 1.807) is 0 Å². The number of halogens is 1. The second-order valence-corrected chi connectivity index (χ2v) is 3.73. The molecule has 0 saturated heterocycles. The van der Waals surface area contributed by atoms with Gasteiger partial charge in [0.1, 0.15) is 11.4 Å². The topological polar surface area (TPSA) is 90.2 Å². The Kier molecular flexibility index (Phi) is 3.37. The lowest BCUT2D eigenvalue weighted by Crippen LogP contribution is -2.06. The van der Waals surface area contributed by atoms with Crippen molar-refractivity contribution in [3.8, 4) is 16.9 Å². The van der Waals surface area contributed by atoms with E-state index in [-0.39, 0.29) is 17.1 Å². The SMILES string of the molecule is COC(=O)c1cc(-c2cn[nH]c2N)cc(F)c1OC. The molecule has 19 heavy (non-hydrogen) atoms. The number of carbonyl (C=O) groups is 1. The molecule has 0 amide bonds. The van der Waals surface area contributed by atoms with Gasteiger partial charge < -0.3 is 15.2 Å². The fraction of sp³-hybridized carbons (Fsp3) is 0.167. The third-order valence-electron chi connectivity index (χ3n) is 2.63. The van der Waals surface area contributed by atoms with Gasteiger partial charge in [-0.1, -0.05) is 0 Å². The average molecular weight is 265 g/mol. The van der Waals surface area contributed by atoms with E-state index in [4.69, 9.17) is 10.5 Å². The van der Waals surface area contributed by atoms with Crippen molar-refractivity contribution in [1.29, 1.82) is 0 Å². The molecule has 0 unspecified atom stereocenters. The summed E-state index contributed by atoms with van der Waals surface area (Å²) in [6, 6.07) is 2.65. The number of nitrogens with zero attached hydrogens (tertiary/aromatic N) is 1. The molecule has 0 aliphatic rings. The smallest absolute Gasteiger partial charge is 0.341 e. The van der Waals surface area contributed by atoms with E-state index in [2.05, 4.69) is 14.9 Å². The first-order chi connectivity index (χ1) is 9.08. The maximum absolute atomic E-state index is 13.9. The van der Waals surface area contributed by atoms with E-state index in [1.165, 1.54) is 32.5 Å². The summed E-state index contributed by atoms with van der Waals surface area (Å²) in [6.07, 6.45) is 1.44. The first-order valence-corrected chi connectivity index (χ1v) is 5.33. The Morgan fingerprint density at radius 1 is 1.42 bits per heavy atom. The van der Waals surface area contributed by atoms with E-state index in [1.807, 2.05) is 0 Å². The highest BCUT2D eigenvalue weighted by Gasteiger charge is 2.20. The number of rotatable bonds is 3. The quantitative estimate of drug-likeness (QED) is 0.822. The minimum absolute atomic E-state index is 0.0133. The predicted molar refractivity (Wildman–Crippen MR) is 66.3 cm³/mol. The number of H-pyrrole nitrogens is 1. The van der Waals surface area contributed by atoms with Crippen LogP contribution < -0.4 is 10.5 Å². The van der Waals surface area contributed by atoms with Crippen LogP contribution in [0.2, 0.25) is 0 Å². The van der Waals surface area contributed by atoms with Crippen LogP contribution in [0.1, 0.15) is 10.4 Å². The molecule has 0 radical (unpaired) electrons. The number of nitrogens with two attached hydrogens (primary N) is 1. The molecule has 0 saturated carbocycles. The summed E-state index contributed by atoms with van der Waals surface area (Å²) in [7, 11) is 2.48. The summed E-state index contributed by atoms with van der Waals surface area (Å²) in [6.45, 7) is 0. The van der Waals surface area contributed by atoms with Crippen LogP contribution in [-0.4, -0.2) is 30.4 Å². The van der Waals surface area contributed by atoms with E-state index in [0.717, 1.165) is 0 Å². The highest BCUT2D eigenvalue weighted by Crippen LogP contribution is 2.32. The van der Waals surface area contributed by atoms with Crippen LogP contribution in [0.25, 0.3) is 11.1 Å². The lowest BCUT2D eigenvalue weighted by molar-refractivity contribution is 0.0596. The molecular weight excluding hydrogens is 253 g/mol. The van der Waals surface area contributed by atoms with Gasteiger partial charge in [-0.05, 0) is 17.7 Å². The van der Waals surface area contributed by atoms with Gasteiger partial charge in [0.25, 0.3) is 0 Å². The largest absolute Gasteiger partial charge is 0.493 e. The molecule has 100 valence electrons. The highest BCUT2D eigenvalue weighted by atomic mass is 19.1.